The minimum Gasteiger partial charge on any atom is -0.676 e. The van der Waals surface area contributed by atoms with Crippen LogP contribution in [0.1, 0.15) is 300 Å². The first kappa shape index (κ1) is 125. The first-order valence-electron chi connectivity index (χ1n) is 31.6. The summed E-state index contributed by atoms with van der Waals surface area (Å²) in [5, 5.41) is 55.0. The van der Waals surface area contributed by atoms with Gasteiger partial charge < -0.3 is 92.6 Å². The molecule has 0 aromatic carbocycles. The van der Waals surface area contributed by atoms with E-state index in [2.05, 4.69) is 329 Å². The van der Waals surface area contributed by atoms with E-state index in [0.717, 1.165) is 64.2 Å². The molecule has 0 bridgehead atoms. The Hall–Kier alpha value is -0.590. The van der Waals surface area contributed by atoms with Crippen LogP contribution in [0.15, 0.2) is 0 Å². The third kappa shape index (κ3) is 118. The van der Waals surface area contributed by atoms with Crippen LogP contribution < -0.4 is 0 Å². The van der Waals surface area contributed by atoms with E-state index < -0.39 is 0 Å². The van der Waals surface area contributed by atoms with Crippen molar-refractivity contribution in [3.8, 4) is 0 Å². The molecule has 0 aromatic rings. The van der Waals surface area contributed by atoms with Gasteiger partial charge in [0, 0.05) is 0 Å². The van der Waals surface area contributed by atoms with Crippen molar-refractivity contribution in [1.29, 1.82) is 0 Å². The van der Waals surface area contributed by atoms with Crippen molar-refractivity contribution in [1.82, 2.24) is 0 Å². The van der Waals surface area contributed by atoms with Gasteiger partial charge in [-0.25, -0.2) is 37.0 Å². The molecule has 0 aliphatic carbocycles. The summed E-state index contributed by atoms with van der Waals surface area (Å²) in [6, 6.07) is 3.28. The van der Waals surface area contributed by atoms with Gasteiger partial charge in [-0.15, -0.1) is 70.5 Å². The smallest absolute Gasteiger partial charge is 0.676 e. The van der Waals surface area contributed by atoms with Crippen LogP contribution in [-0.4, -0.2) is 148 Å². The Morgan fingerprint density at radius 2 is 0.382 bits per heavy atom. The summed E-state index contributed by atoms with van der Waals surface area (Å²) in [6.45, 7) is 91.9. The van der Waals surface area contributed by atoms with Gasteiger partial charge in [-0.1, -0.05) is 300 Å². The molecule has 0 fully saturated rings. The molecule has 8 atom stereocenters. The van der Waals surface area contributed by atoms with Gasteiger partial charge in [-0.05, 0) is 0 Å². The van der Waals surface area contributed by atoms with Gasteiger partial charge in [0.05, 0.1) is 0 Å². The Balaban J connectivity index is -0.0000000544. The summed E-state index contributed by atoms with van der Waals surface area (Å²) in [5.41, 5.74) is 0.246. The SMILES string of the molecule is CCC(C)[N-]C(CC)[N-]C(C)C.CCC(C)[N-]C(CC)[N-]C(C)C.CCC([N-]C(C)C)[N-]C(C)(C)C.CCC([N-]C(C)C)[N-]C(C)(C)C.CCC([N-]C(C)C)[N-]C(C)(C)CC.CCC([N-]C(C)C)[N-]C(C)(C)CC.[CH-]=O.[CH-]=O.[CH-]=O.[CH-]=O.[CH-]=O.[CH-]=O.[Ru+6].[Ru+6].[Ru+6]. The van der Waals surface area contributed by atoms with E-state index >= 15 is 0 Å². The first-order valence-corrected chi connectivity index (χ1v) is 31.6. The third-order valence-electron chi connectivity index (χ3n) is 10.8. The monoisotopic (exact) mass is 1530 g/mol. The van der Waals surface area contributed by atoms with Crippen LogP contribution in [0.2, 0.25) is 0 Å². The van der Waals surface area contributed by atoms with E-state index in [1.807, 2.05) is 0 Å². The maximum atomic E-state index is 7.75. The molecule has 0 aromatic heterocycles. The standard InChI is InChI=1S/2C11H24N2.4C10H22N2.6CHO.3Ru/c2*1-7-10(12-9(3)4)13-11(5,6)8-2;2*1-7-9(11-8(2)3)12-10(4,5)6;2*1-6-9(5)12-10(7-2)11-8(3)4;6*1-2;;;/h2*9-10H,7-8H2,1-6H3;2*8-9H,7H2,1-6H3;2*8-10H,6-7H2,1-5H3;6*1H;;;/q6*-2;6*-1;3*+6. The summed E-state index contributed by atoms with van der Waals surface area (Å²) in [7, 11) is 0. The van der Waals surface area contributed by atoms with Gasteiger partial charge in [0.25, 0.3) is 0 Å². The Bertz CT molecular complexity index is 1190. The topological polar surface area (TPSA) is 272 Å². The average molecular weight is 1530 g/mol. The average Bonchev–Trinajstić information content (AvgIpc) is 3.44. The van der Waals surface area contributed by atoms with Crippen molar-refractivity contribution in [3.05, 3.63) is 63.8 Å². The maximum absolute atomic E-state index is 7.75. The van der Waals surface area contributed by atoms with E-state index in [0.29, 0.717) is 48.3 Å². The van der Waals surface area contributed by atoms with E-state index in [4.69, 9.17) is 39.4 Å². The second kappa shape index (κ2) is 85.4. The van der Waals surface area contributed by atoms with Crippen LogP contribution >= 0.6 is 0 Å². The predicted octanol–water partition coefficient (Wildman–Crippen LogP) is 21.2. The molecule has 0 heterocycles. The number of nitrogens with zero attached hydrogens (tertiary/aromatic N) is 12. The Morgan fingerprint density at radius 3 is 0.494 bits per heavy atom. The van der Waals surface area contributed by atoms with Crippen molar-refractivity contribution >= 4 is 40.7 Å². The van der Waals surface area contributed by atoms with Crippen molar-refractivity contribution in [2.24, 2.45) is 0 Å². The zero-order valence-corrected chi connectivity index (χ0v) is 68.7. The van der Waals surface area contributed by atoms with Crippen molar-refractivity contribution in [2.75, 3.05) is 0 Å². The molecule has 0 amide bonds. The molecule has 0 aliphatic rings. The zero-order valence-electron chi connectivity index (χ0n) is 63.5. The van der Waals surface area contributed by atoms with Gasteiger partial charge in [0.15, 0.2) is 0 Å². The quantitative estimate of drug-likeness (QED) is 0.0358. The Labute approximate surface area is 594 Å². The second-order valence-corrected chi connectivity index (χ2v) is 24.8. The molecule has 18 nitrogen and oxygen atoms in total. The fourth-order valence-electron chi connectivity index (χ4n) is 6.17. The van der Waals surface area contributed by atoms with E-state index in [1.54, 1.807) is 0 Å². The third-order valence-corrected chi connectivity index (χ3v) is 10.8. The normalized spacial score (nSPS) is 13.2. The van der Waals surface area contributed by atoms with Crippen LogP contribution in [0.25, 0.3) is 63.8 Å². The molecule has 0 N–H and O–H groups in total. The minimum atomic E-state index is 0. The number of rotatable bonds is 32. The second-order valence-electron chi connectivity index (χ2n) is 24.8. The molecule has 0 saturated heterocycles. The summed E-state index contributed by atoms with van der Waals surface area (Å²) in [6.07, 6.45) is 11.7. The largest absolute Gasteiger partial charge is 6.00 e. The first-order chi connectivity index (χ1) is 39.7. The summed E-state index contributed by atoms with van der Waals surface area (Å²) in [5.74, 6) is 0. The number of hydrogen-bond acceptors (Lipinski definition) is 6. The molecule has 0 aliphatic heterocycles. The maximum Gasteiger partial charge on any atom is 6.00 e. The molecule has 8 unspecified atom stereocenters. The summed E-state index contributed by atoms with van der Waals surface area (Å²) in [4.78, 5) is 46.5. The predicted molar refractivity (Wildman–Crippen MR) is 384 cm³/mol. The van der Waals surface area contributed by atoms with Gasteiger partial charge in [0.2, 0.25) is 0 Å². The van der Waals surface area contributed by atoms with E-state index in [1.165, 1.54) is 0 Å². The van der Waals surface area contributed by atoms with E-state index in [-0.39, 0.29) is 118 Å². The molecule has 89 heavy (non-hydrogen) atoms. The van der Waals surface area contributed by atoms with Crippen LogP contribution in [0.3, 0.4) is 0 Å². The zero-order chi connectivity index (χ0) is 71.6. The minimum absolute atomic E-state index is 0. The summed E-state index contributed by atoms with van der Waals surface area (Å²) >= 11 is 0. The van der Waals surface area contributed by atoms with Gasteiger partial charge >= 0.3 is 58.4 Å². The van der Waals surface area contributed by atoms with Crippen molar-refractivity contribution in [2.45, 2.75) is 407 Å². The molecular formula is C68H142N12O6Ru3. The Kier molecular flexibility index (Phi) is 120. The fraction of sp³-hybridized carbons (Fsp3) is 0.912. The molecule has 21 heteroatoms. The molecule has 0 saturated carbocycles. The van der Waals surface area contributed by atoms with Gasteiger partial charge in [0.1, 0.15) is 0 Å². The van der Waals surface area contributed by atoms with Gasteiger partial charge in [-0.2, -0.15) is 0 Å². The Morgan fingerprint density at radius 1 is 0.236 bits per heavy atom. The van der Waals surface area contributed by atoms with Crippen LogP contribution in [0.4, 0.5) is 0 Å². The summed E-state index contributed by atoms with van der Waals surface area (Å²) < 4.78 is 0. The molecular weight excluding hydrogens is 1380 g/mol. The fourth-order valence-corrected chi connectivity index (χ4v) is 6.17. The van der Waals surface area contributed by atoms with Crippen LogP contribution in [-0.2, 0) is 87.2 Å². The number of hydrogen-bond donors (Lipinski definition) is 0. The number of carbonyl (C=O) groups excluding carboxylic acids is 6. The molecule has 0 radical (unpaired) electrons. The van der Waals surface area contributed by atoms with Crippen LogP contribution in [0, 0.1) is 0 Å². The van der Waals surface area contributed by atoms with Gasteiger partial charge in [-0.3, -0.25) is 40.7 Å². The molecule has 534 valence electrons. The van der Waals surface area contributed by atoms with E-state index in [9.17, 15) is 0 Å². The van der Waals surface area contributed by atoms with Crippen molar-refractivity contribution < 1.29 is 87.2 Å². The van der Waals surface area contributed by atoms with Crippen molar-refractivity contribution in [3.63, 3.8) is 0 Å². The molecule has 0 rings (SSSR count). The van der Waals surface area contributed by atoms with Crippen LogP contribution in [0.5, 0.6) is 0 Å². The molecule has 0 spiro atoms.